The lowest BCUT2D eigenvalue weighted by Gasteiger charge is -2.31. The SMILES string of the molecule is COc1ccc(COC[C@@H](O)C[NH2+]C(C)(C)CC(C)(C)C)cc1OC. The first-order valence-electron chi connectivity index (χ1n) is 8.87. The van der Waals surface area contributed by atoms with Crippen LogP contribution in [0.5, 0.6) is 11.5 Å². The second-order valence-electron chi connectivity index (χ2n) is 8.52. The van der Waals surface area contributed by atoms with Gasteiger partial charge in [0.15, 0.2) is 11.5 Å². The summed E-state index contributed by atoms with van der Waals surface area (Å²) in [6.07, 6.45) is 0.596. The highest BCUT2D eigenvalue weighted by Crippen LogP contribution is 2.27. The average molecular weight is 355 g/mol. The van der Waals surface area contributed by atoms with E-state index in [1.165, 1.54) is 0 Å². The molecule has 0 bridgehead atoms. The van der Waals surface area contributed by atoms with Crippen molar-refractivity contribution in [3.8, 4) is 11.5 Å². The molecule has 1 atom stereocenters. The second kappa shape index (κ2) is 9.41. The van der Waals surface area contributed by atoms with Crippen LogP contribution in [-0.4, -0.2) is 44.1 Å². The van der Waals surface area contributed by atoms with E-state index in [-0.39, 0.29) is 11.0 Å². The van der Waals surface area contributed by atoms with Crippen LogP contribution in [0.1, 0.15) is 46.6 Å². The molecule has 5 nitrogen and oxygen atoms in total. The summed E-state index contributed by atoms with van der Waals surface area (Å²) in [6, 6.07) is 5.69. The van der Waals surface area contributed by atoms with E-state index in [2.05, 4.69) is 39.9 Å². The van der Waals surface area contributed by atoms with Crippen molar-refractivity contribution in [1.29, 1.82) is 0 Å². The molecule has 1 rings (SSSR count). The molecule has 0 spiro atoms. The van der Waals surface area contributed by atoms with E-state index in [1.807, 2.05) is 18.2 Å². The smallest absolute Gasteiger partial charge is 0.161 e. The van der Waals surface area contributed by atoms with Gasteiger partial charge in [-0.3, -0.25) is 0 Å². The molecule has 0 radical (unpaired) electrons. The minimum absolute atomic E-state index is 0.0998. The Bertz CT molecular complexity index is 523. The maximum absolute atomic E-state index is 10.2. The third-order valence-corrected chi connectivity index (χ3v) is 3.96. The standard InChI is InChI=1S/C20H35NO4/c1-19(2,3)14-20(4,5)21-11-16(22)13-25-12-15-8-9-17(23-6)18(10-15)24-7/h8-10,16,21-22H,11-14H2,1-7H3/p+1/t16-/m0/s1. The molecule has 144 valence electrons. The number of aliphatic hydroxyl groups is 1. The quantitative estimate of drug-likeness (QED) is 0.677. The number of benzene rings is 1. The normalized spacial score (nSPS) is 13.6. The summed E-state index contributed by atoms with van der Waals surface area (Å²) in [4.78, 5) is 0. The van der Waals surface area contributed by atoms with Gasteiger partial charge < -0.3 is 24.6 Å². The number of hydrogen-bond acceptors (Lipinski definition) is 4. The summed E-state index contributed by atoms with van der Waals surface area (Å²) >= 11 is 0. The van der Waals surface area contributed by atoms with Gasteiger partial charge in [0.1, 0.15) is 12.6 Å². The molecule has 1 aromatic carbocycles. The molecule has 0 saturated carbocycles. The van der Waals surface area contributed by atoms with Crippen molar-refractivity contribution in [2.24, 2.45) is 5.41 Å². The van der Waals surface area contributed by atoms with Gasteiger partial charge in [-0.25, -0.2) is 0 Å². The second-order valence-corrected chi connectivity index (χ2v) is 8.52. The lowest BCUT2D eigenvalue weighted by Crippen LogP contribution is -2.97. The molecule has 3 N–H and O–H groups in total. The van der Waals surface area contributed by atoms with E-state index < -0.39 is 6.10 Å². The van der Waals surface area contributed by atoms with Gasteiger partial charge in [-0.15, -0.1) is 0 Å². The minimum atomic E-state index is -0.487. The largest absolute Gasteiger partial charge is 0.493 e. The van der Waals surface area contributed by atoms with Crippen LogP contribution in [-0.2, 0) is 11.3 Å². The Kier molecular flexibility index (Phi) is 8.19. The Labute approximate surface area is 152 Å². The summed E-state index contributed by atoms with van der Waals surface area (Å²) in [5.41, 5.74) is 1.36. The van der Waals surface area contributed by atoms with Crippen LogP contribution in [0.2, 0.25) is 0 Å². The monoisotopic (exact) mass is 354 g/mol. The van der Waals surface area contributed by atoms with Gasteiger partial charge >= 0.3 is 0 Å². The molecule has 0 fully saturated rings. The first-order chi connectivity index (χ1) is 11.6. The molecule has 0 aliphatic rings. The summed E-state index contributed by atoms with van der Waals surface area (Å²) in [7, 11) is 3.23. The summed E-state index contributed by atoms with van der Waals surface area (Å²) < 4.78 is 16.2. The molecule has 0 aliphatic heterocycles. The molecule has 0 amide bonds. The van der Waals surface area contributed by atoms with Crippen LogP contribution in [0.15, 0.2) is 18.2 Å². The summed E-state index contributed by atoms with van der Waals surface area (Å²) in [6.45, 7) is 12.5. The molecule has 1 aromatic rings. The number of hydrogen-bond donors (Lipinski definition) is 2. The number of aliphatic hydroxyl groups excluding tert-OH is 1. The highest BCUT2D eigenvalue weighted by molar-refractivity contribution is 5.42. The number of nitrogens with two attached hydrogens (primary N) is 1. The molecule has 0 heterocycles. The zero-order valence-corrected chi connectivity index (χ0v) is 16.9. The van der Waals surface area contributed by atoms with Crippen molar-refractivity contribution in [3.63, 3.8) is 0 Å². The Hall–Kier alpha value is -1.30. The summed E-state index contributed by atoms with van der Waals surface area (Å²) in [5.74, 6) is 1.38. The molecular formula is C20H36NO4+. The van der Waals surface area contributed by atoms with E-state index in [4.69, 9.17) is 14.2 Å². The van der Waals surface area contributed by atoms with Crippen LogP contribution < -0.4 is 14.8 Å². The van der Waals surface area contributed by atoms with Crippen LogP contribution in [0.3, 0.4) is 0 Å². The number of methoxy groups -OCH3 is 2. The highest BCUT2D eigenvalue weighted by Gasteiger charge is 2.28. The number of quaternary nitrogens is 1. The predicted octanol–water partition coefficient (Wildman–Crippen LogP) is 2.36. The van der Waals surface area contributed by atoms with Crippen molar-refractivity contribution < 1.29 is 24.6 Å². The van der Waals surface area contributed by atoms with Gasteiger partial charge in [-0.1, -0.05) is 26.8 Å². The summed E-state index contributed by atoms with van der Waals surface area (Å²) in [5, 5.41) is 12.4. The van der Waals surface area contributed by atoms with Gasteiger partial charge in [0.05, 0.1) is 33.0 Å². The van der Waals surface area contributed by atoms with Crippen molar-refractivity contribution in [3.05, 3.63) is 23.8 Å². The molecule has 0 saturated heterocycles. The van der Waals surface area contributed by atoms with Gasteiger partial charge in [-0.05, 0) is 37.0 Å². The Balaban J connectivity index is 2.38. The third-order valence-electron chi connectivity index (χ3n) is 3.96. The first kappa shape index (κ1) is 21.7. The van der Waals surface area contributed by atoms with Crippen molar-refractivity contribution in [2.75, 3.05) is 27.4 Å². The molecule has 5 heteroatoms. The van der Waals surface area contributed by atoms with Gasteiger partial charge in [-0.2, -0.15) is 0 Å². The molecule has 0 aliphatic carbocycles. The lowest BCUT2D eigenvalue weighted by molar-refractivity contribution is -0.728. The molecule has 0 aromatic heterocycles. The Morgan fingerprint density at radius 2 is 1.68 bits per heavy atom. The fourth-order valence-corrected chi connectivity index (χ4v) is 3.25. The number of ether oxygens (including phenoxy) is 3. The molecule has 0 unspecified atom stereocenters. The van der Waals surface area contributed by atoms with Crippen molar-refractivity contribution in [2.45, 2.75) is 59.3 Å². The molecule has 25 heavy (non-hydrogen) atoms. The van der Waals surface area contributed by atoms with Crippen molar-refractivity contribution >= 4 is 0 Å². The lowest BCUT2D eigenvalue weighted by atomic mass is 9.82. The maximum atomic E-state index is 10.2. The third kappa shape index (κ3) is 8.56. The van der Waals surface area contributed by atoms with E-state index in [0.29, 0.717) is 31.3 Å². The van der Waals surface area contributed by atoms with E-state index in [0.717, 1.165) is 12.0 Å². The number of rotatable bonds is 10. The van der Waals surface area contributed by atoms with Crippen LogP contribution in [0.25, 0.3) is 0 Å². The van der Waals surface area contributed by atoms with Gasteiger partial charge in [0.25, 0.3) is 0 Å². The highest BCUT2D eigenvalue weighted by atomic mass is 16.5. The average Bonchev–Trinajstić information content (AvgIpc) is 2.50. The minimum Gasteiger partial charge on any atom is -0.493 e. The van der Waals surface area contributed by atoms with Gasteiger partial charge in [0, 0.05) is 6.42 Å². The van der Waals surface area contributed by atoms with Crippen LogP contribution >= 0.6 is 0 Å². The Morgan fingerprint density at radius 3 is 2.24 bits per heavy atom. The predicted molar refractivity (Wildman–Crippen MR) is 100 cm³/mol. The van der Waals surface area contributed by atoms with Crippen molar-refractivity contribution in [1.82, 2.24) is 0 Å². The fourth-order valence-electron chi connectivity index (χ4n) is 3.25. The molecular weight excluding hydrogens is 318 g/mol. The topological polar surface area (TPSA) is 64.5 Å². The van der Waals surface area contributed by atoms with Crippen LogP contribution in [0.4, 0.5) is 0 Å². The van der Waals surface area contributed by atoms with Gasteiger partial charge in [0.2, 0.25) is 0 Å². The Morgan fingerprint density at radius 1 is 1.04 bits per heavy atom. The zero-order chi connectivity index (χ0) is 19.1. The zero-order valence-electron chi connectivity index (χ0n) is 16.9. The first-order valence-corrected chi connectivity index (χ1v) is 8.87. The maximum Gasteiger partial charge on any atom is 0.161 e. The van der Waals surface area contributed by atoms with Crippen LogP contribution in [0, 0.1) is 5.41 Å². The fraction of sp³-hybridized carbons (Fsp3) is 0.700. The van der Waals surface area contributed by atoms with E-state index >= 15 is 0 Å². The van der Waals surface area contributed by atoms with E-state index in [9.17, 15) is 5.11 Å². The van der Waals surface area contributed by atoms with E-state index in [1.54, 1.807) is 14.2 Å².